The fraction of sp³-hybridized carbons (Fsp3) is 0.404. The van der Waals surface area contributed by atoms with Gasteiger partial charge in [0.1, 0.15) is 48.2 Å². The Hall–Kier alpha value is -4.48. The van der Waals surface area contributed by atoms with Gasteiger partial charge < -0.3 is 52.5 Å². The summed E-state index contributed by atoms with van der Waals surface area (Å²) < 4.78 is 63.5. The molecule has 5 aromatic carbocycles. The van der Waals surface area contributed by atoms with Crippen molar-refractivity contribution >= 4 is 17.7 Å². The molecule has 0 spiro atoms. The average molecular weight is 907 g/mol. The summed E-state index contributed by atoms with van der Waals surface area (Å²) in [5.74, 6) is 0.228. The van der Waals surface area contributed by atoms with Gasteiger partial charge in [0.15, 0.2) is 18.7 Å². The minimum absolute atomic E-state index is 0.00926. The third kappa shape index (κ3) is 12.1. The summed E-state index contributed by atoms with van der Waals surface area (Å²) in [7, 11) is 1.54. The Morgan fingerprint density at radius 1 is 0.677 bits per heavy atom. The highest BCUT2D eigenvalue weighted by atomic mass is 32.2. The molecule has 11 atom stereocenters. The number of aryl methyl sites for hydroxylation is 1. The summed E-state index contributed by atoms with van der Waals surface area (Å²) in [6, 6.07) is 44.6. The quantitative estimate of drug-likeness (QED) is 0.0802. The first kappa shape index (κ1) is 47.0. The molecule has 0 radical (unpaired) electrons. The van der Waals surface area contributed by atoms with Crippen molar-refractivity contribution in [3.8, 4) is 0 Å². The topological polar surface area (TPSA) is 130 Å². The maximum atomic E-state index is 14.5. The van der Waals surface area contributed by atoms with Crippen LogP contribution in [0.15, 0.2) is 140 Å². The van der Waals surface area contributed by atoms with Crippen molar-refractivity contribution < 1.29 is 57.3 Å². The van der Waals surface area contributed by atoms with Gasteiger partial charge in [-0.1, -0.05) is 140 Å². The van der Waals surface area contributed by atoms with Gasteiger partial charge in [0, 0.05) is 12.7 Å². The molecule has 5 aromatic rings. The van der Waals surface area contributed by atoms with Crippen LogP contribution >= 0.6 is 11.8 Å². The number of rotatable bonds is 19. The second-order valence-electron chi connectivity index (χ2n) is 16.3. The maximum Gasteiger partial charge on any atom is 0.338 e. The Bertz CT molecular complexity index is 2200. The van der Waals surface area contributed by atoms with Gasteiger partial charge in [0.25, 0.3) is 0 Å². The Balaban J connectivity index is 0.968. The zero-order valence-electron chi connectivity index (χ0n) is 36.9. The standard InChI is InChI=1S/C52H58O12S/c1-4-65-52-48(59-31-37-21-13-7-14-22-37)46(44-42(62-52)33-60-50(64-44)39-23-15-8-16-24-39)63-49(54)40-27-38(26-25-34(40)2)28-56-32-41-43(53)45(57-29-35-17-9-5-10-18-35)47(51(55-3)61-41)58-30-36-19-11-6-12-20-36/h5-27,41-48,50-53H,4,28-33H2,1-3H3/t41-,42-,43-,44-,45+,46+,47-,48-,50-,51+,52+/m1/s1. The van der Waals surface area contributed by atoms with Gasteiger partial charge in [-0.2, -0.15) is 0 Å². The van der Waals surface area contributed by atoms with Crippen molar-refractivity contribution in [1.82, 2.24) is 0 Å². The molecule has 3 fully saturated rings. The van der Waals surface area contributed by atoms with E-state index in [-0.39, 0.29) is 39.6 Å². The highest BCUT2D eigenvalue weighted by Gasteiger charge is 2.53. The number of benzene rings is 5. The summed E-state index contributed by atoms with van der Waals surface area (Å²) in [4.78, 5) is 14.5. The third-order valence-corrected chi connectivity index (χ3v) is 12.8. The molecule has 0 bridgehead atoms. The van der Waals surface area contributed by atoms with E-state index in [1.54, 1.807) is 17.8 Å². The molecular formula is C52H58O12S. The van der Waals surface area contributed by atoms with Crippen molar-refractivity contribution in [3.05, 3.63) is 178 Å². The van der Waals surface area contributed by atoms with Crippen LogP contribution in [0.5, 0.6) is 0 Å². The van der Waals surface area contributed by atoms with Crippen LogP contribution in [0.4, 0.5) is 0 Å². The Kier molecular flexibility index (Phi) is 16.9. The van der Waals surface area contributed by atoms with E-state index in [1.807, 2.05) is 140 Å². The highest BCUT2D eigenvalue weighted by Crippen LogP contribution is 2.40. The van der Waals surface area contributed by atoms with Gasteiger partial charge in [-0.3, -0.25) is 0 Å². The number of ether oxygens (including phenoxy) is 10. The first-order chi connectivity index (χ1) is 31.9. The molecule has 0 aromatic heterocycles. The molecule has 8 rings (SSSR count). The Morgan fingerprint density at radius 3 is 1.86 bits per heavy atom. The van der Waals surface area contributed by atoms with E-state index in [0.717, 1.165) is 39.1 Å². The van der Waals surface area contributed by atoms with Gasteiger partial charge in [-0.05, 0) is 46.6 Å². The number of methoxy groups -OCH3 is 1. The maximum absolute atomic E-state index is 14.5. The number of aliphatic hydroxyl groups is 1. The van der Waals surface area contributed by atoms with Crippen molar-refractivity contribution in [2.45, 2.75) is 107 Å². The molecule has 12 nitrogen and oxygen atoms in total. The van der Waals surface area contributed by atoms with Crippen LogP contribution < -0.4 is 0 Å². The molecule has 3 aliphatic heterocycles. The first-order valence-electron chi connectivity index (χ1n) is 22.2. The van der Waals surface area contributed by atoms with Gasteiger partial charge in [-0.15, -0.1) is 11.8 Å². The smallest absolute Gasteiger partial charge is 0.338 e. The Labute approximate surface area is 385 Å². The molecule has 65 heavy (non-hydrogen) atoms. The minimum Gasteiger partial charge on any atom is -0.453 e. The number of fused-ring (bicyclic) bond motifs is 1. The van der Waals surface area contributed by atoms with E-state index in [9.17, 15) is 9.90 Å². The lowest BCUT2D eigenvalue weighted by Crippen LogP contribution is -2.62. The van der Waals surface area contributed by atoms with E-state index in [2.05, 4.69) is 6.92 Å². The zero-order chi connectivity index (χ0) is 45.0. The summed E-state index contributed by atoms with van der Waals surface area (Å²) in [5, 5.41) is 11.8. The third-order valence-electron chi connectivity index (χ3n) is 11.7. The highest BCUT2D eigenvalue weighted by molar-refractivity contribution is 7.99. The Morgan fingerprint density at radius 2 is 1.26 bits per heavy atom. The zero-order valence-corrected chi connectivity index (χ0v) is 37.7. The molecule has 0 aliphatic carbocycles. The largest absolute Gasteiger partial charge is 0.453 e. The van der Waals surface area contributed by atoms with Crippen LogP contribution in [0, 0.1) is 6.92 Å². The van der Waals surface area contributed by atoms with Crippen molar-refractivity contribution in [2.24, 2.45) is 0 Å². The number of hydrogen-bond donors (Lipinski definition) is 1. The molecular weight excluding hydrogens is 849 g/mol. The summed E-state index contributed by atoms with van der Waals surface area (Å²) in [6.07, 6.45) is -7.66. The predicted octanol–water partition coefficient (Wildman–Crippen LogP) is 8.12. The number of carbonyl (C=O) groups is 1. The lowest BCUT2D eigenvalue weighted by atomic mass is 9.97. The molecule has 3 heterocycles. The number of hydrogen-bond acceptors (Lipinski definition) is 13. The van der Waals surface area contributed by atoms with Crippen LogP contribution in [0.25, 0.3) is 0 Å². The van der Waals surface area contributed by atoms with Crippen molar-refractivity contribution in [1.29, 1.82) is 0 Å². The summed E-state index contributed by atoms with van der Waals surface area (Å²) in [5.41, 5.74) is 5.13. The molecule has 3 aliphatic rings. The van der Waals surface area contributed by atoms with Crippen LogP contribution in [-0.4, -0.2) is 97.7 Å². The molecule has 13 heteroatoms. The van der Waals surface area contributed by atoms with Gasteiger partial charge in [0.2, 0.25) is 0 Å². The lowest BCUT2D eigenvalue weighted by Gasteiger charge is -2.48. The van der Waals surface area contributed by atoms with E-state index in [4.69, 9.17) is 47.4 Å². The number of thioether (sulfide) groups is 1. The predicted molar refractivity (Wildman–Crippen MR) is 244 cm³/mol. The van der Waals surface area contributed by atoms with E-state index >= 15 is 0 Å². The van der Waals surface area contributed by atoms with Gasteiger partial charge in [0.05, 0.1) is 45.2 Å². The van der Waals surface area contributed by atoms with E-state index < -0.39 is 72.8 Å². The van der Waals surface area contributed by atoms with Crippen LogP contribution in [-0.2, 0) is 73.8 Å². The normalized spacial score (nSPS) is 27.7. The second-order valence-corrected chi connectivity index (χ2v) is 17.6. The SMILES string of the molecule is CCS[C@@H]1O[C@@H]2CO[C@@H](c3ccccc3)O[C@H]2[C@H](OC(=O)c2cc(COC[C@H]3O[C@H](OC)[C@H](OCc4ccccc4)[C@@H](OCc4ccccc4)[C@@H]3O)ccc2C)[C@H]1OCc1ccccc1. The fourth-order valence-corrected chi connectivity index (χ4v) is 9.25. The molecule has 3 saturated heterocycles. The molecule has 344 valence electrons. The van der Waals surface area contributed by atoms with E-state index in [1.165, 1.54) is 7.11 Å². The molecule has 0 unspecified atom stereocenters. The summed E-state index contributed by atoms with van der Waals surface area (Å²) >= 11 is 1.59. The lowest BCUT2D eigenvalue weighted by molar-refractivity contribution is -0.322. The van der Waals surface area contributed by atoms with Gasteiger partial charge in [-0.25, -0.2) is 4.79 Å². The average Bonchev–Trinajstić information content (AvgIpc) is 3.35. The van der Waals surface area contributed by atoms with Gasteiger partial charge >= 0.3 is 5.97 Å². The van der Waals surface area contributed by atoms with Crippen LogP contribution in [0.1, 0.15) is 57.0 Å². The number of carbonyl (C=O) groups excluding carboxylic acids is 1. The van der Waals surface area contributed by atoms with Crippen molar-refractivity contribution in [3.63, 3.8) is 0 Å². The first-order valence-corrected chi connectivity index (χ1v) is 23.2. The molecule has 0 saturated carbocycles. The van der Waals surface area contributed by atoms with Crippen LogP contribution in [0.2, 0.25) is 0 Å². The minimum atomic E-state index is -1.11. The van der Waals surface area contributed by atoms with E-state index in [0.29, 0.717) is 5.56 Å². The second kappa shape index (κ2) is 23.3. The number of esters is 1. The van der Waals surface area contributed by atoms with Crippen LogP contribution in [0.3, 0.4) is 0 Å². The summed E-state index contributed by atoms with van der Waals surface area (Å²) in [6.45, 7) is 5.12. The molecule has 1 N–H and O–H groups in total. The number of aliphatic hydroxyl groups excluding tert-OH is 1. The monoisotopic (exact) mass is 906 g/mol. The fourth-order valence-electron chi connectivity index (χ4n) is 8.28. The van der Waals surface area contributed by atoms with Crippen molar-refractivity contribution in [2.75, 3.05) is 26.1 Å². The molecule has 0 amide bonds.